The van der Waals surface area contributed by atoms with Gasteiger partial charge in [-0.25, -0.2) is 9.97 Å². The molecular weight excluding hydrogens is 248 g/mol. The Morgan fingerprint density at radius 1 is 1.20 bits per heavy atom. The van der Waals surface area contributed by atoms with Crippen LogP contribution in [0, 0.1) is 6.92 Å². The predicted octanol–water partition coefficient (Wildman–Crippen LogP) is 2.95. The fourth-order valence-corrected chi connectivity index (χ4v) is 2.08. The Morgan fingerprint density at radius 2 is 2.00 bits per heavy atom. The number of hydrogen-bond donors (Lipinski definition) is 2. The lowest BCUT2D eigenvalue weighted by Gasteiger charge is -2.12. The summed E-state index contributed by atoms with van der Waals surface area (Å²) in [5.41, 5.74) is 10.1. The van der Waals surface area contributed by atoms with Gasteiger partial charge in [0.2, 0.25) is 0 Å². The first-order valence-corrected chi connectivity index (χ1v) is 6.98. The number of hydrogen-bond acceptors (Lipinski definition) is 4. The van der Waals surface area contributed by atoms with Crippen molar-refractivity contribution >= 4 is 5.82 Å². The lowest BCUT2D eigenvalue weighted by molar-refractivity contribution is 0.866. The van der Waals surface area contributed by atoms with Gasteiger partial charge in [-0.15, -0.1) is 0 Å². The summed E-state index contributed by atoms with van der Waals surface area (Å²) in [7, 11) is 0. The summed E-state index contributed by atoms with van der Waals surface area (Å²) in [6.07, 6.45) is 1.59. The van der Waals surface area contributed by atoms with Crippen molar-refractivity contribution in [1.82, 2.24) is 9.97 Å². The number of anilines is 1. The Hall–Kier alpha value is -1.94. The lowest BCUT2D eigenvalue weighted by Crippen LogP contribution is -2.14. The van der Waals surface area contributed by atoms with E-state index in [9.17, 15) is 0 Å². The highest BCUT2D eigenvalue weighted by molar-refractivity contribution is 5.66. The Labute approximate surface area is 120 Å². The van der Waals surface area contributed by atoms with E-state index in [4.69, 9.17) is 5.73 Å². The Bertz CT molecular complexity index is 578. The molecule has 1 aromatic carbocycles. The van der Waals surface area contributed by atoms with Crippen molar-refractivity contribution in [1.29, 1.82) is 0 Å². The van der Waals surface area contributed by atoms with Crippen LogP contribution in [0.3, 0.4) is 0 Å². The average Bonchev–Trinajstić information content (AvgIpc) is 2.45. The monoisotopic (exact) mass is 270 g/mol. The van der Waals surface area contributed by atoms with Crippen LogP contribution in [0.2, 0.25) is 0 Å². The highest BCUT2D eigenvalue weighted by Crippen LogP contribution is 2.26. The predicted molar refractivity (Wildman–Crippen MR) is 83.8 cm³/mol. The molecule has 0 amide bonds. The molecule has 106 valence electrons. The fraction of sp³-hybridized carbons (Fsp3) is 0.375. The molecule has 3 N–H and O–H groups in total. The molecule has 0 unspecified atom stereocenters. The maximum Gasteiger partial charge on any atom is 0.129 e. The van der Waals surface area contributed by atoms with Gasteiger partial charge in [-0.2, -0.15) is 0 Å². The highest BCUT2D eigenvalue weighted by atomic mass is 15.0. The largest absolute Gasteiger partial charge is 0.369 e. The van der Waals surface area contributed by atoms with Crippen molar-refractivity contribution < 1.29 is 0 Å². The van der Waals surface area contributed by atoms with Gasteiger partial charge in [-0.3, -0.25) is 0 Å². The third-order valence-corrected chi connectivity index (χ3v) is 3.32. The van der Waals surface area contributed by atoms with Crippen LogP contribution in [0.25, 0.3) is 11.3 Å². The van der Waals surface area contributed by atoms with Crippen LogP contribution in [-0.4, -0.2) is 23.1 Å². The maximum atomic E-state index is 5.50. The summed E-state index contributed by atoms with van der Waals surface area (Å²) in [5.74, 6) is 1.32. The van der Waals surface area contributed by atoms with Crippen molar-refractivity contribution in [2.24, 2.45) is 5.73 Å². The summed E-state index contributed by atoms with van der Waals surface area (Å²) in [4.78, 5) is 8.61. The summed E-state index contributed by atoms with van der Waals surface area (Å²) >= 11 is 0. The van der Waals surface area contributed by atoms with Crippen molar-refractivity contribution in [3.05, 3.63) is 41.7 Å². The van der Waals surface area contributed by atoms with Crippen LogP contribution in [-0.2, 0) is 0 Å². The second kappa shape index (κ2) is 6.48. The van der Waals surface area contributed by atoms with Gasteiger partial charge >= 0.3 is 0 Å². The Kier molecular flexibility index (Phi) is 4.69. The molecule has 2 aromatic rings. The zero-order valence-electron chi connectivity index (χ0n) is 12.4. The number of benzene rings is 1. The van der Waals surface area contributed by atoms with Crippen LogP contribution in [0.1, 0.15) is 30.9 Å². The molecule has 0 aliphatic heterocycles. The van der Waals surface area contributed by atoms with Gasteiger partial charge in [0.05, 0.1) is 5.69 Å². The molecule has 0 aliphatic carbocycles. The van der Waals surface area contributed by atoms with Crippen LogP contribution < -0.4 is 11.1 Å². The van der Waals surface area contributed by atoms with Crippen molar-refractivity contribution in [3.8, 4) is 11.3 Å². The van der Waals surface area contributed by atoms with Crippen LogP contribution in [0.15, 0.2) is 30.6 Å². The zero-order chi connectivity index (χ0) is 14.5. The number of aryl methyl sites for hydroxylation is 1. The molecule has 2 rings (SSSR count). The number of rotatable bonds is 5. The topological polar surface area (TPSA) is 63.8 Å². The Morgan fingerprint density at radius 3 is 2.70 bits per heavy atom. The minimum absolute atomic E-state index is 0.506. The SMILES string of the molecule is Cc1ccc(C(C)C)cc1-c1cc(NCCN)ncn1. The summed E-state index contributed by atoms with van der Waals surface area (Å²) < 4.78 is 0. The number of nitrogens with zero attached hydrogens (tertiary/aromatic N) is 2. The quantitative estimate of drug-likeness (QED) is 0.876. The highest BCUT2D eigenvalue weighted by Gasteiger charge is 2.08. The molecule has 0 radical (unpaired) electrons. The molecule has 0 fully saturated rings. The standard InChI is InChI=1S/C16H22N4/c1-11(2)13-5-4-12(3)14(8-13)15-9-16(18-7-6-17)20-10-19-15/h4-5,8-11H,6-7,17H2,1-3H3,(H,18,19,20). The van der Waals surface area contributed by atoms with Crippen LogP contribution >= 0.6 is 0 Å². The molecule has 4 nitrogen and oxygen atoms in total. The third kappa shape index (κ3) is 3.33. The summed E-state index contributed by atoms with van der Waals surface area (Å²) in [6.45, 7) is 7.79. The van der Waals surface area contributed by atoms with Crippen molar-refractivity contribution in [3.63, 3.8) is 0 Å². The van der Waals surface area contributed by atoms with Crippen LogP contribution in [0.5, 0.6) is 0 Å². The van der Waals surface area contributed by atoms with Gasteiger partial charge < -0.3 is 11.1 Å². The van der Waals surface area contributed by atoms with E-state index in [-0.39, 0.29) is 0 Å². The maximum absolute atomic E-state index is 5.50. The van der Waals surface area contributed by atoms with Gasteiger partial charge in [-0.1, -0.05) is 26.0 Å². The molecule has 0 bridgehead atoms. The minimum atomic E-state index is 0.506. The third-order valence-electron chi connectivity index (χ3n) is 3.32. The number of aromatic nitrogens is 2. The van der Waals surface area contributed by atoms with E-state index in [0.717, 1.165) is 17.1 Å². The second-order valence-corrected chi connectivity index (χ2v) is 5.23. The van der Waals surface area contributed by atoms with E-state index >= 15 is 0 Å². The van der Waals surface area contributed by atoms with Crippen molar-refractivity contribution in [2.75, 3.05) is 18.4 Å². The smallest absolute Gasteiger partial charge is 0.129 e. The lowest BCUT2D eigenvalue weighted by atomic mass is 9.96. The van der Waals surface area contributed by atoms with Crippen LogP contribution in [0.4, 0.5) is 5.82 Å². The Balaban J connectivity index is 2.37. The molecule has 0 saturated heterocycles. The number of nitrogens with two attached hydrogens (primary N) is 1. The average molecular weight is 270 g/mol. The van der Waals surface area contributed by atoms with E-state index in [1.807, 2.05) is 6.07 Å². The molecule has 0 spiro atoms. The van der Waals surface area contributed by atoms with Gasteiger partial charge in [0.25, 0.3) is 0 Å². The molecule has 20 heavy (non-hydrogen) atoms. The molecule has 4 heteroatoms. The first kappa shape index (κ1) is 14.5. The second-order valence-electron chi connectivity index (χ2n) is 5.23. The molecule has 1 aromatic heterocycles. The van der Waals surface area contributed by atoms with Crippen molar-refractivity contribution in [2.45, 2.75) is 26.7 Å². The minimum Gasteiger partial charge on any atom is -0.369 e. The zero-order valence-corrected chi connectivity index (χ0v) is 12.4. The summed E-state index contributed by atoms with van der Waals surface area (Å²) in [5, 5.41) is 3.19. The van der Waals surface area contributed by atoms with E-state index in [0.29, 0.717) is 19.0 Å². The first-order chi connectivity index (χ1) is 9.61. The van der Waals surface area contributed by atoms with Gasteiger partial charge in [0, 0.05) is 24.7 Å². The molecule has 0 atom stereocenters. The molecule has 0 aliphatic rings. The van der Waals surface area contributed by atoms with E-state index < -0.39 is 0 Å². The normalized spacial score (nSPS) is 10.8. The van der Waals surface area contributed by atoms with Gasteiger partial charge in [-0.05, 0) is 30.0 Å². The van der Waals surface area contributed by atoms with Gasteiger partial charge in [0.15, 0.2) is 0 Å². The fourth-order valence-electron chi connectivity index (χ4n) is 2.08. The van der Waals surface area contributed by atoms with E-state index in [1.165, 1.54) is 11.1 Å². The van der Waals surface area contributed by atoms with Gasteiger partial charge in [0.1, 0.15) is 12.1 Å². The van der Waals surface area contributed by atoms with E-state index in [1.54, 1.807) is 6.33 Å². The number of nitrogens with one attached hydrogen (secondary N) is 1. The molecular formula is C16H22N4. The first-order valence-electron chi connectivity index (χ1n) is 6.98. The summed E-state index contributed by atoms with van der Waals surface area (Å²) in [6, 6.07) is 8.52. The van der Waals surface area contributed by atoms with E-state index in [2.05, 4.69) is 54.3 Å². The molecule has 0 saturated carbocycles. The molecule has 1 heterocycles.